The van der Waals surface area contributed by atoms with Crippen molar-refractivity contribution >= 4 is 12.4 Å². The number of anilines is 1. The molecule has 6 atom stereocenters. The first-order valence-corrected chi connectivity index (χ1v) is 27.4. The van der Waals surface area contributed by atoms with Gasteiger partial charge in [0, 0.05) is 40.7 Å². The summed E-state index contributed by atoms with van der Waals surface area (Å²) in [6.45, 7) is 17.9. The third kappa shape index (κ3) is 8.23. The van der Waals surface area contributed by atoms with Gasteiger partial charge in [-0.15, -0.1) is 0 Å². The van der Waals surface area contributed by atoms with E-state index >= 15 is 0 Å². The van der Waals surface area contributed by atoms with Crippen LogP contribution in [0.5, 0.6) is 0 Å². The Kier molecular flexibility index (Phi) is 12.1. The first kappa shape index (κ1) is 45.2. The van der Waals surface area contributed by atoms with Crippen molar-refractivity contribution in [1.29, 1.82) is 0 Å². The van der Waals surface area contributed by atoms with E-state index in [2.05, 4.69) is 180 Å². The minimum atomic E-state index is -0.340. The number of rotatable bonds is 7. The van der Waals surface area contributed by atoms with Gasteiger partial charge in [0.05, 0.1) is 6.04 Å². The zero-order chi connectivity index (χ0) is 46.1. The average Bonchev–Trinajstić information content (AvgIpc) is 3.36. The number of benzene rings is 3. The molecule has 3 aromatic carbocycles. The van der Waals surface area contributed by atoms with Crippen LogP contribution in [0, 0.1) is 16.7 Å². The monoisotopic (exact) mass is 889 g/mol. The molecule has 0 amide bonds. The summed E-state index contributed by atoms with van der Waals surface area (Å²) in [6, 6.07) is 34.8. The highest BCUT2D eigenvalue weighted by atomic mass is 15.3. The molecule has 0 aromatic heterocycles. The summed E-state index contributed by atoms with van der Waals surface area (Å²) in [5.74, 6) is 2.38. The number of allylic oxidation sites excluding steroid dienone is 6. The molecule has 6 aliphatic carbocycles. The fraction of sp³-hybridized carbons (Fsp3) is 0.531. The van der Waals surface area contributed by atoms with E-state index in [-0.39, 0.29) is 22.3 Å². The minimum Gasteiger partial charge on any atom is -0.366 e. The van der Waals surface area contributed by atoms with Gasteiger partial charge in [-0.25, -0.2) is 0 Å². The van der Waals surface area contributed by atoms with Crippen LogP contribution in [0.3, 0.4) is 0 Å². The Bertz CT molecular complexity index is 2420. The molecule has 6 unspecified atom stereocenters. The van der Waals surface area contributed by atoms with Crippen LogP contribution < -0.4 is 4.90 Å². The molecule has 0 radical (unpaired) electrons. The van der Waals surface area contributed by atoms with E-state index in [1.165, 1.54) is 112 Å². The maximum absolute atomic E-state index is 3.14. The normalized spacial score (nSPS) is 28.5. The van der Waals surface area contributed by atoms with E-state index in [0.717, 1.165) is 12.8 Å². The lowest BCUT2D eigenvalue weighted by Crippen LogP contribution is -2.67. The van der Waals surface area contributed by atoms with E-state index in [4.69, 9.17) is 0 Å². The third-order valence-electron chi connectivity index (χ3n) is 19.0. The molecule has 3 aromatic rings. The van der Waals surface area contributed by atoms with Gasteiger partial charge in [-0.05, 0) is 139 Å². The molecule has 2 nitrogen and oxygen atoms in total. The molecule has 8 aliphatic rings. The van der Waals surface area contributed by atoms with Gasteiger partial charge in [0.25, 0.3) is 0 Å². The maximum atomic E-state index is 3.14. The fourth-order valence-electron chi connectivity index (χ4n) is 15.3. The number of hydrogen-bond donors (Lipinski definition) is 0. The standard InChI is InChI=1S/C64H81BN2/c1-62(2,3)50-29-20-30-54(40-50)67-58-41-51(63(4,5)6)34-37-55(58)65-56-39-47(45-23-14-9-15-24-45)33-38-57(56)66(53-35-31-46(32-36-53)44-21-12-8-13-22-44)59-42-52(43-60(67)61(59)65)64(7,48-25-16-10-17-26-48)49-27-18-11-19-28-49/h10-11,16-19,25-29,31-33,35-36,39,41-45,54-55,57-59,61H,8-9,12-15,20-24,30,34,37-38,40H2,1-7H3. The average molecular weight is 889 g/mol. The Labute approximate surface area is 406 Å². The fourth-order valence-corrected chi connectivity index (χ4v) is 15.3. The summed E-state index contributed by atoms with van der Waals surface area (Å²) in [6.07, 6.45) is 37.6. The van der Waals surface area contributed by atoms with Gasteiger partial charge in [0.2, 0.25) is 0 Å². The molecular weight excluding hydrogens is 808 g/mol. The van der Waals surface area contributed by atoms with Crippen LogP contribution in [-0.4, -0.2) is 35.8 Å². The molecule has 2 aliphatic heterocycles. The summed E-state index contributed by atoms with van der Waals surface area (Å²) < 4.78 is 0. The Morgan fingerprint density at radius 1 is 0.567 bits per heavy atom. The van der Waals surface area contributed by atoms with E-state index in [1.807, 2.05) is 0 Å². The summed E-state index contributed by atoms with van der Waals surface area (Å²) in [7, 11) is 0. The number of hydrogen-bond acceptors (Lipinski definition) is 2. The van der Waals surface area contributed by atoms with E-state index in [0.29, 0.717) is 48.3 Å². The van der Waals surface area contributed by atoms with Crippen molar-refractivity contribution < 1.29 is 0 Å². The van der Waals surface area contributed by atoms with Crippen molar-refractivity contribution in [3.8, 4) is 0 Å². The van der Waals surface area contributed by atoms with Crippen LogP contribution >= 0.6 is 0 Å². The van der Waals surface area contributed by atoms with Crippen molar-refractivity contribution in [2.75, 3.05) is 4.90 Å². The van der Waals surface area contributed by atoms with Crippen LogP contribution in [0.1, 0.15) is 174 Å². The van der Waals surface area contributed by atoms with Gasteiger partial charge in [-0.1, -0.05) is 206 Å². The van der Waals surface area contributed by atoms with Crippen molar-refractivity contribution in [3.05, 3.63) is 172 Å². The summed E-state index contributed by atoms with van der Waals surface area (Å²) in [5, 5.41) is 0. The lowest BCUT2D eigenvalue weighted by molar-refractivity contribution is 0.151. The van der Waals surface area contributed by atoms with Gasteiger partial charge in [0.15, 0.2) is 6.71 Å². The summed E-state index contributed by atoms with van der Waals surface area (Å²) in [4.78, 5) is 6.14. The van der Waals surface area contributed by atoms with Gasteiger partial charge >= 0.3 is 0 Å². The number of nitrogens with zero attached hydrogens (tertiary/aromatic N) is 2. The zero-order valence-corrected chi connectivity index (χ0v) is 42.5. The van der Waals surface area contributed by atoms with Crippen LogP contribution in [0.25, 0.3) is 0 Å². The lowest BCUT2D eigenvalue weighted by Gasteiger charge is -2.63. The Morgan fingerprint density at radius 3 is 1.82 bits per heavy atom. The third-order valence-corrected chi connectivity index (χ3v) is 19.0. The van der Waals surface area contributed by atoms with Crippen molar-refractivity contribution in [2.45, 2.75) is 198 Å². The Balaban J connectivity index is 1.15. The first-order chi connectivity index (χ1) is 32.4. The first-order valence-electron chi connectivity index (χ1n) is 27.4. The van der Waals surface area contributed by atoms with Crippen molar-refractivity contribution in [1.82, 2.24) is 4.90 Å². The highest BCUT2D eigenvalue weighted by molar-refractivity contribution is 6.72. The largest absolute Gasteiger partial charge is 0.366 e. The second-order valence-corrected chi connectivity index (χ2v) is 24.8. The highest BCUT2D eigenvalue weighted by Crippen LogP contribution is 2.61. The molecule has 350 valence electrons. The molecule has 11 rings (SSSR count). The number of fused-ring (bicyclic) bond motifs is 4. The Morgan fingerprint density at radius 2 is 1.19 bits per heavy atom. The second-order valence-electron chi connectivity index (χ2n) is 24.8. The van der Waals surface area contributed by atoms with Crippen LogP contribution in [0.2, 0.25) is 11.6 Å². The molecule has 3 heteroatoms. The molecule has 2 saturated heterocycles. The van der Waals surface area contributed by atoms with E-state index < -0.39 is 0 Å². The molecule has 0 bridgehead atoms. The predicted octanol–water partition coefficient (Wildman–Crippen LogP) is 16.7. The van der Waals surface area contributed by atoms with Crippen molar-refractivity contribution in [2.24, 2.45) is 16.7 Å². The van der Waals surface area contributed by atoms with Gasteiger partial charge in [-0.2, -0.15) is 0 Å². The van der Waals surface area contributed by atoms with Gasteiger partial charge < -0.3 is 9.80 Å². The molecule has 67 heavy (non-hydrogen) atoms. The highest BCUT2D eigenvalue weighted by Gasteiger charge is 2.60. The summed E-state index contributed by atoms with van der Waals surface area (Å²) in [5.41, 5.74) is 15.6. The second kappa shape index (κ2) is 17.9. The minimum absolute atomic E-state index is 0.154. The molecule has 2 saturated carbocycles. The van der Waals surface area contributed by atoms with E-state index in [9.17, 15) is 0 Å². The summed E-state index contributed by atoms with van der Waals surface area (Å²) >= 11 is 0. The SMILES string of the molecule is CC(C)(C)C1=CC2C(CC1)B1C3=CC(C4CCCCC4)=CCC3N(c3ccc(C4CCCCC4)cc3)C3C=C(C(C)(c4ccccc4)c4ccccc4)C=C(C13)N2C1CCC=C(C(C)(C)C)C1. The van der Waals surface area contributed by atoms with Crippen LogP contribution in [-0.2, 0) is 5.41 Å². The zero-order valence-electron chi connectivity index (χ0n) is 42.5. The van der Waals surface area contributed by atoms with Crippen molar-refractivity contribution in [3.63, 3.8) is 0 Å². The van der Waals surface area contributed by atoms with E-state index in [1.54, 1.807) is 33.5 Å². The molecule has 4 fully saturated rings. The quantitative estimate of drug-likeness (QED) is 0.172. The van der Waals surface area contributed by atoms with Crippen LogP contribution in [0.15, 0.2) is 155 Å². The lowest BCUT2D eigenvalue weighted by atomic mass is 9.22. The van der Waals surface area contributed by atoms with Gasteiger partial charge in [0.1, 0.15) is 0 Å². The molecule has 2 heterocycles. The molecule has 0 spiro atoms. The molecule has 0 N–H and O–H groups in total. The smallest absolute Gasteiger partial charge is 0.191 e. The predicted molar refractivity (Wildman–Crippen MR) is 286 cm³/mol. The Hall–Kier alpha value is -4.24. The molecular formula is C64H81BN2. The maximum Gasteiger partial charge on any atom is 0.191 e. The van der Waals surface area contributed by atoms with Gasteiger partial charge in [-0.3, -0.25) is 0 Å². The topological polar surface area (TPSA) is 6.48 Å². The van der Waals surface area contributed by atoms with Crippen LogP contribution in [0.4, 0.5) is 5.69 Å².